The Morgan fingerprint density at radius 1 is 0.810 bits per heavy atom. The molecule has 0 saturated heterocycles. The molecule has 1 aromatic heterocycles. The number of fused-ring (bicyclic) bond motifs is 5. The SMILES string of the molecule is COC(=O)[C@@H]1Cc2cc(NC(N)=O)c(O)c(c2)-c2cc(ccc2OCCNC(=O)OC(C)(C)C)[C@H](N(C)C(=O)[C@H](CCNC(=O)OC(C)(C)C)NC(=O)c2c(C)nc(-c3ccc(C(C)(C)C)cc3)nc2C)C(=O)N[C@@H](C)C(=O)N1. The Bertz CT molecular complexity index is 2940. The van der Waals surface area contributed by atoms with Crippen molar-refractivity contribution < 1.29 is 62.4 Å². The van der Waals surface area contributed by atoms with Crippen LogP contribution in [0.3, 0.4) is 0 Å². The highest BCUT2D eigenvalue weighted by molar-refractivity contribution is 6.01. The maximum absolute atomic E-state index is 15.2. The van der Waals surface area contributed by atoms with Gasteiger partial charge in [-0.1, -0.05) is 51.1 Å². The monoisotopic (exact) mass is 1090 g/mol. The molecule has 0 unspecified atom stereocenters. The summed E-state index contributed by atoms with van der Waals surface area (Å²) < 4.78 is 22.0. The molecule has 8 amide bonds. The Kier molecular flexibility index (Phi) is 19.7. The smallest absolute Gasteiger partial charge is 0.407 e. The molecule has 4 bridgehead atoms. The fourth-order valence-electron chi connectivity index (χ4n) is 8.49. The summed E-state index contributed by atoms with van der Waals surface area (Å²) in [6, 6.07) is 8.01. The third kappa shape index (κ3) is 16.7. The number of alkyl carbamates (subject to hydrolysis) is 2. The number of phenolic OH excluding ortho intramolecular Hbond substituents is 1. The molecule has 0 fully saturated rings. The summed E-state index contributed by atoms with van der Waals surface area (Å²) in [7, 11) is 2.41. The predicted octanol–water partition coefficient (Wildman–Crippen LogP) is 5.76. The van der Waals surface area contributed by atoms with E-state index in [1.54, 1.807) is 55.4 Å². The summed E-state index contributed by atoms with van der Waals surface area (Å²) in [6.07, 6.45) is -2.01. The van der Waals surface area contributed by atoms with Gasteiger partial charge in [-0.05, 0) is 115 Å². The first-order valence-corrected chi connectivity index (χ1v) is 25.6. The van der Waals surface area contributed by atoms with Gasteiger partial charge in [0.25, 0.3) is 5.91 Å². The van der Waals surface area contributed by atoms with E-state index in [4.69, 9.17) is 24.7 Å². The molecule has 23 nitrogen and oxygen atoms in total. The first-order valence-electron chi connectivity index (χ1n) is 25.6. The topological polar surface area (TPSA) is 321 Å². The van der Waals surface area contributed by atoms with Gasteiger partial charge in [0, 0.05) is 36.7 Å². The van der Waals surface area contributed by atoms with E-state index < -0.39 is 88.9 Å². The zero-order chi connectivity index (χ0) is 58.9. The van der Waals surface area contributed by atoms with Crippen molar-refractivity contribution in [3.05, 3.63) is 88.2 Å². The van der Waals surface area contributed by atoms with Crippen molar-refractivity contribution in [2.45, 2.75) is 137 Å². The number of likely N-dealkylation sites (N-methyl/N-ethyl adjacent to an activating group) is 1. The minimum Gasteiger partial charge on any atom is -0.505 e. The number of aromatic nitrogens is 2. The van der Waals surface area contributed by atoms with Crippen molar-refractivity contribution in [3.8, 4) is 34.0 Å². The molecule has 5 rings (SSSR count). The number of aryl methyl sites for hydroxylation is 2. The van der Waals surface area contributed by atoms with Crippen LogP contribution in [-0.4, -0.2) is 131 Å². The molecule has 426 valence electrons. The summed E-state index contributed by atoms with van der Waals surface area (Å²) in [5.41, 5.74) is 6.46. The second-order valence-electron chi connectivity index (χ2n) is 22.1. The van der Waals surface area contributed by atoms with Gasteiger partial charge in [-0.2, -0.15) is 0 Å². The molecule has 0 aliphatic carbocycles. The van der Waals surface area contributed by atoms with Crippen LogP contribution in [0.5, 0.6) is 11.5 Å². The largest absolute Gasteiger partial charge is 0.505 e. The molecule has 4 atom stereocenters. The van der Waals surface area contributed by atoms with E-state index in [0.29, 0.717) is 22.8 Å². The van der Waals surface area contributed by atoms with Crippen LogP contribution in [-0.2, 0) is 45.2 Å². The van der Waals surface area contributed by atoms with Crippen molar-refractivity contribution in [1.82, 2.24) is 41.5 Å². The molecular formula is C56H74N10O13. The molecule has 1 aliphatic rings. The molecule has 9 N–H and O–H groups in total. The van der Waals surface area contributed by atoms with Crippen LogP contribution in [0.1, 0.15) is 120 Å². The molecule has 0 spiro atoms. The predicted molar refractivity (Wildman–Crippen MR) is 293 cm³/mol. The first-order chi connectivity index (χ1) is 36.8. The molecule has 3 aromatic carbocycles. The normalized spacial score (nSPS) is 16.1. The number of urea groups is 1. The van der Waals surface area contributed by atoms with Crippen molar-refractivity contribution in [1.29, 1.82) is 0 Å². The van der Waals surface area contributed by atoms with Crippen molar-refractivity contribution in [2.24, 2.45) is 5.73 Å². The molecule has 23 heteroatoms. The van der Waals surface area contributed by atoms with Crippen LogP contribution in [0.4, 0.5) is 20.1 Å². The molecule has 0 saturated carbocycles. The molecule has 1 aliphatic heterocycles. The number of rotatable bonds is 14. The number of esters is 1. The van der Waals surface area contributed by atoms with Gasteiger partial charge in [-0.25, -0.2) is 29.1 Å². The number of amides is 8. The summed E-state index contributed by atoms with van der Waals surface area (Å²) in [4.78, 5) is 120. The average Bonchev–Trinajstić information content (AvgIpc) is 3.35. The van der Waals surface area contributed by atoms with Gasteiger partial charge in [0.05, 0.1) is 36.3 Å². The van der Waals surface area contributed by atoms with Crippen LogP contribution in [0.2, 0.25) is 0 Å². The number of carbonyl (C=O) groups is 8. The quantitative estimate of drug-likeness (QED) is 0.0322. The van der Waals surface area contributed by atoms with Gasteiger partial charge >= 0.3 is 24.2 Å². The summed E-state index contributed by atoms with van der Waals surface area (Å²) in [5, 5.41) is 27.5. The van der Waals surface area contributed by atoms with Gasteiger partial charge in [0.15, 0.2) is 5.82 Å². The minimum atomic E-state index is -1.65. The summed E-state index contributed by atoms with van der Waals surface area (Å²) in [5.74, 6) is -4.30. The van der Waals surface area contributed by atoms with E-state index in [2.05, 4.69) is 62.6 Å². The van der Waals surface area contributed by atoms with Crippen molar-refractivity contribution in [2.75, 3.05) is 39.2 Å². The lowest BCUT2D eigenvalue weighted by Crippen LogP contribution is -2.55. The molecule has 2 heterocycles. The lowest BCUT2D eigenvalue weighted by atomic mass is 9.86. The van der Waals surface area contributed by atoms with Gasteiger partial charge < -0.3 is 66.6 Å². The van der Waals surface area contributed by atoms with Crippen molar-refractivity contribution in [3.63, 3.8) is 0 Å². The van der Waals surface area contributed by atoms with Gasteiger partial charge in [-0.15, -0.1) is 0 Å². The Hall–Kier alpha value is -8.50. The van der Waals surface area contributed by atoms with Crippen LogP contribution in [0.15, 0.2) is 54.6 Å². The number of carbonyl (C=O) groups excluding carboxylic acids is 8. The second-order valence-corrected chi connectivity index (χ2v) is 22.1. The maximum Gasteiger partial charge on any atom is 0.407 e. The van der Waals surface area contributed by atoms with Crippen LogP contribution >= 0.6 is 0 Å². The lowest BCUT2D eigenvalue weighted by molar-refractivity contribution is -0.145. The van der Waals surface area contributed by atoms with E-state index in [-0.39, 0.29) is 77.2 Å². The summed E-state index contributed by atoms with van der Waals surface area (Å²) in [6.45, 7) is 20.6. The van der Waals surface area contributed by atoms with Gasteiger partial charge in [0.2, 0.25) is 17.7 Å². The fraction of sp³-hybridized carbons (Fsp3) is 0.464. The zero-order valence-corrected chi connectivity index (χ0v) is 47.3. The number of hydrogen-bond acceptors (Lipinski definition) is 15. The maximum atomic E-state index is 15.2. The molecule has 4 aromatic rings. The number of nitrogens with zero attached hydrogens (tertiary/aromatic N) is 3. The molecule has 0 radical (unpaired) electrons. The van der Waals surface area contributed by atoms with E-state index in [9.17, 15) is 38.7 Å². The lowest BCUT2D eigenvalue weighted by Gasteiger charge is -2.33. The number of methoxy groups -OCH3 is 1. The number of hydrogen-bond donors (Lipinski definition) is 8. The van der Waals surface area contributed by atoms with Crippen LogP contribution in [0, 0.1) is 13.8 Å². The summed E-state index contributed by atoms with van der Waals surface area (Å²) >= 11 is 0. The highest BCUT2D eigenvalue weighted by Crippen LogP contribution is 2.43. The number of anilines is 1. The third-order valence-corrected chi connectivity index (χ3v) is 12.3. The van der Waals surface area contributed by atoms with Crippen LogP contribution in [0.25, 0.3) is 22.5 Å². The van der Waals surface area contributed by atoms with Gasteiger partial charge in [0.1, 0.15) is 53.5 Å². The zero-order valence-electron chi connectivity index (χ0n) is 47.3. The molecule has 79 heavy (non-hydrogen) atoms. The average molecular weight is 1100 g/mol. The number of aromatic hydroxyl groups is 1. The third-order valence-electron chi connectivity index (χ3n) is 12.3. The number of primary amides is 1. The number of nitrogens with one attached hydrogen (secondary N) is 6. The Balaban J connectivity index is 1.65. The second kappa shape index (κ2) is 25.3. The van der Waals surface area contributed by atoms with E-state index in [1.807, 2.05) is 24.3 Å². The standard InChI is InChI=1S/C56H74N10O13/c1-29-42(30(2)61-45(60-29)33-15-18-35(19-16-33)54(4,5)6)47(69)63-38(21-22-58-52(74)78-55(7,8)9)49(71)66(13)43-34-17-20-41(77-24-23-59-53(75)79-56(10,11)12)36(28-34)37-25-32(26-39(44(37)67)65-51(57)73)27-40(50(72)76-14)64-46(68)31(3)62-48(43)70/h15-20,25-26,28,31,38,40,43,67H,21-24,27H2,1-14H3,(H,58,74)(H,59,75)(H,62,70)(H,63,69)(H,64,68)(H3,57,65,73)/t31-,38-,40-,43-/m0/s1. The van der Waals surface area contributed by atoms with Crippen molar-refractivity contribution >= 4 is 53.5 Å². The molecular weight excluding hydrogens is 1020 g/mol. The Morgan fingerprint density at radius 3 is 1.96 bits per heavy atom. The van der Waals surface area contributed by atoms with Crippen LogP contribution < -0.4 is 42.4 Å². The highest BCUT2D eigenvalue weighted by Gasteiger charge is 2.37. The highest BCUT2D eigenvalue weighted by atomic mass is 16.6. The van der Waals surface area contributed by atoms with E-state index in [1.165, 1.54) is 44.3 Å². The van der Waals surface area contributed by atoms with Gasteiger partial charge in [-0.3, -0.25) is 19.2 Å². The Morgan fingerprint density at radius 2 is 1.41 bits per heavy atom. The number of nitrogens with two attached hydrogens (primary N) is 1. The first kappa shape index (κ1) is 61.4. The van der Waals surface area contributed by atoms with E-state index in [0.717, 1.165) is 17.6 Å². The Labute approximate surface area is 459 Å². The minimum absolute atomic E-state index is 0.0361. The number of benzene rings is 3. The fourth-order valence-corrected chi connectivity index (χ4v) is 8.49. The van der Waals surface area contributed by atoms with E-state index >= 15 is 4.79 Å². The number of ether oxygens (including phenoxy) is 4. The number of phenols is 1.